The fourth-order valence-electron chi connectivity index (χ4n) is 1.73. The van der Waals surface area contributed by atoms with Gasteiger partial charge in [-0.2, -0.15) is 0 Å². The summed E-state index contributed by atoms with van der Waals surface area (Å²) in [7, 11) is 0. The molecule has 0 aromatic carbocycles. The van der Waals surface area contributed by atoms with Crippen molar-refractivity contribution in [3.8, 4) is 0 Å². The van der Waals surface area contributed by atoms with Gasteiger partial charge in [0, 0.05) is 25.2 Å². The van der Waals surface area contributed by atoms with E-state index in [4.69, 9.17) is 11.6 Å². The third-order valence-electron chi connectivity index (χ3n) is 2.69. The summed E-state index contributed by atoms with van der Waals surface area (Å²) in [6.07, 6.45) is 4.62. The van der Waals surface area contributed by atoms with Gasteiger partial charge in [0.05, 0.1) is 5.02 Å². The molecule has 0 amide bonds. The molecule has 0 unspecified atom stereocenters. The highest BCUT2D eigenvalue weighted by atomic mass is 35.5. The molecular formula is C15H19ClN4S. The van der Waals surface area contributed by atoms with Gasteiger partial charge in [0.15, 0.2) is 0 Å². The molecule has 6 heteroatoms. The van der Waals surface area contributed by atoms with E-state index in [1.165, 1.54) is 11.8 Å². The zero-order valence-corrected chi connectivity index (χ0v) is 13.8. The second-order valence-corrected chi connectivity index (χ2v) is 6.08. The van der Waals surface area contributed by atoms with Crippen LogP contribution in [0.4, 0.5) is 5.82 Å². The smallest absolute Gasteiger partial charge is 0.132 e. The van der Waals surface area contributed by atoms with Crippen molar-refractivity contribution in [3.05, 3.63) is 35.2 Å². The molecule has 0 saturated heterocycles. The fourth-order valence-corrected chi connectivity index (χ4v) is 2.62. The van der Waals surface area contributed by atoms with Crippen molar-refractivity contribution in [2.75, 3.05) is 11.9 Å². The predicted molar refractivity (Wildman–Crippen MR) is 88.2 cm³/mol. The fraction of sp³-hybridized carbons (Fsp3) is 0.400. The van der Waals surface area contributed by atoms with E-state index >= 15 is 0 Å². The summed E-state index contributed by atoms with van der Waals surface area (Å²) in [6, 6.07) is 5.70. The number of hydrogen-bond acceptors (Lipinski definition) is 5. The van der Waals surface area contributed by atoms with Crippen LogP contribution in [-0.4, -0.2) is 21.5 Å². The maximum Gasteiger partial charge on any atom is 0.132 e. The van der Waals surface area contributed by atoms with Gasteiger partial charge in [-0.3, -0.25) is 0 Å². The van der Waals surface area contributed by atoms with Crippen LogP contribution in [-0.2, 0) is 6.42 Å². The first-order valence-corrected chi connectivity index (χ1v) is 8.32. The Bertz CT molecular complexity index is 574. The van der Waals surface area contributed by atoms with Crippen LogP contribution in [0, 0.1) is 0 Å². The Morgan fingerprint density at radius 1 is 1.14 bits per heavy atom. The number of nitrogens with zero attached hydrogens (tertiary/aromatic N) is 3. The van der Waals surface area contributed by atoms with Crippen molar-refractivity contribution in [1.82, 2.24) is 15.0 Å². The molecule has 2 aromatic heterocycles. The van der Waals surface area contributed by atoms with Gasteiger partial charge in [0.25, 0.3) is 0 Å². The normalized spacial score (nSPS) is 10.6. The third-order valence-corrected chi connectivity index (χ3v) is 3.78. The zero-order chi connectivity index (χ0) is 15.1. The van der Waals surface area contributed by atoms with E-state index in [1.54, 1.807) is 6.20 Å². The maximum absolute atomic E-state index is 5.86. The number of pyridine rings is 1. The molecule has 21 heavy (non-hydrogen) atoms. The SMILES string of the molecule is CCCNc1cc(Sc2ccc(Cl)cn2)nc(CCC)n1. The van der Waals surface area contributed by atoms with Crippen LogP contribution in [0.1, 0.15) is 32.5 Å². The molecule has 2 heterocycles. The van der Waals surface area contributed by atoms with Gasteiger partial charge in [-0.25, -0.2) is 15.0 Å². The summed E-state index contributed by atoms with van der Waals surface area (Å²) in [4.78, 5) is 13.4. The lowest BCUT2D eigenvalue weighted by molar-refractivity contribution is 0.807. The van der Waals surface area contributed by atoms with E-state index in [2.05, 4.69) is 34.1 Å². The molecule has 4 nitrogen and oxygen atoms in total. The molecule has 0 aliphatic rings. The molecule has 0 aliphatic heterocycles. The first-order valence-electron chi connectivity index (χ1n) is 7.12. The van der Waals surface area contributed by atoms with Crippen molar-refractivity contribution in [3.63, 3.8) is 0 Å². The number of nitrogens with one attached hydrogen (secondary N) is 1. The summed E-state index contributed by atoms with van der Waals surface area (Å²) in [6.45, 7) is 5.17. The molecule has 0 bridgehead atoms. The number of aromatic nitrogens is 3. The predicted octanol–water partition coefficient (Wildman–Crippen LogP) is 4.45. The molecule has 0 spiro atoms. The summed E-state index contributed by atoms with van der Waals surface area (Å²) >= 11 is 7.38. The number of rotatable bonds is 7. The monoisotopic (exact) mass is 322 g/mol. The van der Waals surface area contributed by atoms with Gasteiger partial charge < -0.3 is 5.32 Å². The summed E-state index contributed by atoms with van der Waals surface area (Å²) in [5, 5.41) is 5.74. The summed E-state index contributed by atoms with van der Waals surface area (Å²) in [5.41, 5.74) is 0. The topological polar surface area (TPSA) is 50.7 Å². The lowest BCUT2D eigenvalue weighted by Gasteiger charge is -2.08. The van der Waals surface area contributed by atoms with E-state index in [-0.39, 0.29) is 0 Å². The average Bonchev–Trinajstić information content (AvgIpc) is 2.48. The minimum atomic E-state index is 0.638. The second-order valence-electron chi connectivity index (χ2n) is 4.60. The lowest BCUT2D eigenvalue weighted by Crippen LogP contribution is -2.05. The molecular weight excluding hydrogens is 304 g/mol. The molecule has 0 aliphatic carbocycles. The Kier molecular flexibility index (Phi) is 6.26. The summed E-state index contributed by atoms with van der Waals surface area (Å²) < 4.78 is 0. The minimum Gasteiger partial charge on any atom is -0.370 e. The van der Waals surface area contributed by atoms with Crippen molar-refractivity contribution in [1.29, 1.82) is 0 Å². The lowest BCUT2D eigenvalue weighted by atomic mass is 10.3. The molecule has 2 aromatic rings. The Labute approximate surface area is 134 Å². The van der Waals surface area contributed by atoms with Gasteiger partial charge in [-0.15, -0.1) is 0 Å². The van der Waals surface area contributed by atoms with Gasteiger partial charge in [0.1, 0.15) is 21.7 Å². The first kappa shape index (κ1) is 16.0. The van der Waals surface area contributed by atoms with Crippen molar-refractivity contribution in [2.45, 2.75) is 43.2 Å². The van der Waals surface area contributed by atoms with Crippen molar-refractivity contribution in [2.24, 2.45) is 0 Å². The number of aryl methyl sites for hydroxylation is 1. The van der Waals surface area contributed by atoms with Crippen LogP contribution in [0.25, 0.3) is 0 Å². The molecule has 0 atom stereocenters. The van der Waals surface area contributed by atoms with E-state index in [1.807, 2.05) is 18.2 Å². The van der Waals surface area contributed by atoms with Gasteiger partial charge >= 0.3 is 0 Å². The summed E-state index contributed by atoms with van der Waals surface area (Å²) in [5.74, 6) is 1.75. The van der Waals surface area contributed by atoms with E-state index < -0.39 is 0 Å². The highest BCUT2D eigenvalue weighted by molar-refractivity contribution is 7.99. The van der Waals surface area contributed by atoms with Crippen molar-refractivity contribution >= 4 is 29.2 Å². The molecule has 0 fully saturated rings. The average molecular weight is 323 g/mol. The van der Waals surface area contributed by atoms with Crippen molar-refractivity contribution < 1.29 is 0 Å². The van der Waals surface area contributed by atoms with E-state index in [0.717, 1.165) is 47.5 Å². The van der Waals surface area contributed by atoms with Crippen LogP contribution >= 0.6 is 23.4 Å². The number of anilines is 1. The van der Waals surface area contributed by atoms with Crippen LogP contribution in [0.2, 0.25) is 5.02 Å². The molecule has 112 valence electrons. The van der Waals surface area contributed by atoms with E-state index in [0.29, 0.717) is 5.02 Å². The third kappa shape index (κ3) is 5.17. The van der Waals surface area contributed by atoms with Crippen LogP contribution in [0.5, 0.6) is 0 Å². The Morgan fingerprint density at radius 3 is 2.67 bits per heavy atom. The largest absolute Gasteiger partial charge is 0.370 e. The van der Waals surface area contributed by atoms with E-state index in [9.17, 15) is 0 Å². The standard InChI is InChI=1S/C15H19ClN4S/c1-3-5-12-19-13(17-8-4-2)9-15(20-12)21-14-7-6-11(16)10-18-14/h6-7,9-10H,3-5,8H2,1-2H3,(H,17,19,20). The van der Waals surface area contributed by atoms with Gasteiger partial charge in [-0.05, 0) is 36.7 Å². The Morgan fingerprint density at radius 2 is 2.00 bits per heavy atom. The minimum absolute atomic E-state index is 0.638. The highest BCUT2D eigenvalue weighted by Crippen LogP contribution is 2.26. The quantitative estimate of drug-likeness (QED) is 0.763. The second kappa shape index (κ2) is 8.20. The molecule has 1 N–H and O–H groups in total. The van der Waals surface area contributed by atoms with Gasteiger partial charge in [-0.1, -0.05) is 25.4 Å². The van der Waals surface area contributed by atoms with Crippen LogP contribution < -0.4 is 5.32 Å². The highest BCUT2D eigenvalue weighted by Gasteiger charge is 2.07. The maximum atomic E-state index is 5.86. The molecule has 0 saturated carbocycles. The molecule has 2 rings (SSSR count). The van der Waals surface area contributed by atoms with Crippen LogP contribution in [0.3, 0.4) is 0 Å². The number of halogens is 1. The zero-order valence-electron chi connectivity index (χ0n) is 12.3. The molecule has 0 radical (unpaired) electrons. The number of hydrogen-bond donors (Lipinski definition) is 1. The van der Waals surface area contributed by atoms with Gasteiger partial charge in [0.2, 0.25) is 0 Å². The Hall–Kier alpha value is -1.33. The Balaban J connectivity index is 2.19. The first-order chi connectivity index (χ1) is 10.2. The van der Waals surface area contributed by atoms with Crippen LogP contribution in [0.15, 0.2) is 34.4 Å².